The van der Waals surface area contributed by atoms with Gasteiger partial charge in [-0.25, -0.2) is 4.39 Å². The van der Waals surface area contributed by atoms with Gasteiger partial charge in [0.05, 0.1) is 25.2 Å². The van der Waals surface area contributed by atoms with Crippen LogP contribution in [0.4, 0.5) is 4.39 Å². The lowest BCUT2D eigenvalue weighted by Gasteiger charge is -2.23. The molecule has 2 atom stereocenters. The van der Waals surface area contributed by atoms with Gasteiger partial charge < -0.3 is 10.1 Å². The summed E-state index contributed by atoms with van der Waals surface area (Å²) >= 11 is 0. The lowest BCUT2D eigenvalue weighted by atomic mass is 9.86. The molecule has 0 radical (unpaired) electrons. The molecule has 1 aromatic rings. The van der Waals surface area contributed by atoms with Gasteiger partial charge in [-0.3, -0.25) is 14.4 Å². The van der Waals surface area contributed by atoms with Crippen molar-refractivity contribution in [3.8, 4) is 0 Å². The Morgan fingerprint density at radius 2 is 2.24 bits per heavy atom. The number of ether oxygens (including phenoxy) is 1. The van der Waals surface area contributed by atoms with Crippen LogP contribution in [0.1, 0.15) is 43.7 Å². The summed E-state index contributed by atoms with van der Waals surface area (Å²) in [5, 5.41) is 2.75. The summed E-state index contributed by atoms with van der Waals surface area (Å²) in [4.78, 5) is 28.4. The van der Waals surface area contributed by atoms with Crippen molar-refractivity contribution >= 4 is 11.9 Å². The fraction of sp³-hybridized carbons (Fsp3) is 0.556. The zero-order valence-corrected chi connectivity index (χ0v) is 14.9. The highest BCUT2D eigenvalue weighted by atomic mass is 19.1. The minimum atomic E-state index is -0.673. The predicted octanol–water partition coefficient (Wildman–Crippen LogP) is 2.10. The Kier molecular flexibility index (Phi) is 6.50. The van der Waals surface area contributed by atoms with Gasteiger partial charge in [-0.1, -0.05) is 12.1 Å². The van der Waals surface area contributed by atoms with E-state index >= 15 is 0 Å². The van der Waals surface area contributed by atoms with E-state index < -0.39 is 5.54 Å². The molecule has 0 aliphatic carbocycles. The van der Waals surface area contributed by atoms with Crippen LogP contribution >= 0.6 is 0 Å². The van der Waals surface area contributed by atoms with Crippen LogP contribution in [0.15, 0.2) is 18.2 Å². The zero-order chi connectivity index (χ0) is 18.4. The van der Waals surface area contributed by atoms with Crippen molar-refractivity contribution < 1.29 is 23.6 Å². The molecule has 7 heteroatoms. The van der Waals surface area contributed by atoms with Crippen LogP contribution in [-0.4, -0.2) is 31.6 Å². The third-order valence-electron chi connectivity index (χ3n) is 4.33. The van der Waals surface area contributed by atoms with Gasteiger partial charge in [0.1, 0.15) is 5.82 Å². The van der Waals surface area contributed by atoms with E-state index in [4.69, 9.17) is 4.84 Å². The number of rotatable bonds is 7. The molecular weight excluding hydrogens is 327 g/mol. The maximum absolute atomic E-state index is 14.2. The maximum atomic E-state index is 14.2. The van der Waals surface area contributed by atoms with Crippen molar-refractivity contribution in [1.29, 1.82) is 0 Å². The van der Waals surface area contributed by atoms with E-state index in [1.165, 1.54) is 13.2 Å². The topological polar surface area (TPSA) is 76.7 Å². The highest BCUT2D eigenvalue weighted by Gasteiger charge is 2.40. The molecule has 2 unspecified atom stereocenters. The molecule has 0 bridgehead atoms. The minimum Gasteiger partial charge on any atom is -0.469 e. The molecule has 25 heavy (non-hydrogen) atoms. The second-order valence-corrected chi connectivity index (χ2v) is 6.60. The number of benzene rings is 1. The smallest absolute Gasteiger partial charge is 0.305 e. The Labute approximate surface area is 147 Å². The molecule has 1 aliphatic rings. The number of esters is 1. The van der Waals surface area contributed by atoms with Gasteiger partial charge in [0.25, 0.3) is 0 Å². The van der Waals surface area contributed by atoms with Gasteiger partial charge in [-0.05, 0) is 31.9 Å². The van der Waals surface area contributed by atoms with Gasteiger partial charge in [-0.2, -0.15) is 5.48 Å². The molecule has 0 saturated carbocycles. The highest BCUT2D eigenvalue weighted by Crippen LogP contribution is 2.34. The van der Waals surface area contributed by atoms with Gasteiger partial charge in [0, 0.05) is 24.9 Å². The number of hydroxylamine groups is 1. The third kappa shape index (κ3) is 5.24. The van der Waals surface area contributed by atoms with Crippen LogP contribution < -0.4 is 10.8 Å². The molecule has 0 spiro atoms. The Bertz CT molecular complexity index is 638. The summed E-state index contributed by atoms with van der Waals surface area (Å²) in [6.07, 6.45) is 1.11. The first-order valence-corrected chi connectivity index (χ1v) is 8.37. The summed E-state index contributed by atoms with van der Waals surface area (Å²) < 4.78 is 18.8. The number of hydrogen-bond acceptors (Lipinski definition) is 5. The van der Waals surface area contributed by atoms with E-state index in [2.05, 4.69) is 15.5 Å². The van der Waals surface area contributed by atoms with Gasteiger partial charge in [-0.15, -0.1) is 0 Å². The van der Waals surface area contributed by atoms with Crippen LogP contribution in [0.5, 0.6) is 0 Å². The Morgan fingerprint density at radius 3 is 2.92 bits per heavy atom. The summed E-state index contributed by atoms with van der Waals surface area (Å²) in [5.74, 6) is -0.745. The van der Waals surface area contributed by atoms with E-state index in [0.717, 1.165) is 5.56 Å². The number of methoxy groups -OCH3 is 1. The maximum Gasteiger partial charge on any atom is 0.305 e. The van der Waals surface area contributed by atoms with Crippen molar-refractivity contribution in [2.24, 2.45) is 0 Å². The van der Waals surface area contributed by atoms with Gasteiger partial charge in [0.2, 0.25) is 5.91 Å². The van der Waals surface area contributed by atoms with Crippen molar-refractivity contribution in [2.45, 2.75) is 51.2 Å². The standard InChI is InChI=1S/C18H25FN2O4/c1-12-6-7-14(15(19)9-12)18(2)11-13(25-21-18)10-16(22)20-8-4-5-17(23)24-3/h6-7,9,13,21H,4-5,8,10-11H2,1-3H3,(H,20,22). The van der Waals surface area contributed by atoms with Crippen LogP contribution in [0, 0.1) is 12.7 Å². The highest BCUT2D eigenvalue weighted by molar-refractivity contribution is 5.76. The second kappa shape index (κ2) is 8.40. The van der Waals surface area contributed by atoms with Crippen molar-refractivity contribution in [2.75, 3.05) is 13.7 Å². The average molecular weight is 352 g/mol. The first-order valence-electron chi connectivity index (χ1n) is 8.37. The summed E-state index contributed by atoms with van der Waals surface area (Å²) in [7, 11) is 1.33. The number of nitrogens with one attached hydrogen (secondary N) is 2. The molecule has 1 saturated heterocycles. The first-order chi connectivity index (χ1) is 11.8. The SMILES string of the molecule is COC(=O)CCCNC(=O)CC1CC(C)(c2ccc(C)cc2F)NO1. The lowest BCUT2D eigenvalue weighted by Crippen LogP contribution is -2.33. The van der Waals surface area contributed by atoms with Gasteiger partial charge in [0.15, 0.2) is 0 Å². The predicted molar refractivity (Wildman–Crippen MR) is 90.0 cm³/mol. The Balaban J connectivity index is 1.81. The van der Waals surface area contributed by atoms with Crippen molar-refractivity contribution in [3.63, 3.8) is 0 Å². The zero-order valence-electron chi connectivity index (χ0n) is 14.9. The molecule has 2 N–H and O–H groups in total. The van der Waals surface area contributed by atoms with Crippen molar-refractivity contribution in [1.82, 2.24) is 10.8 Å². The molecule has 1 fully saturated rings. The molecule has 0 aromatic heterocycles. The number of carbonyl (C=O) groups is 2. The van der Waals surface area contributed by atoms with Crippen LogP contribution in [0.25, 0.3) is 0 Å². The molecule has 1 aliphatic heterocycles. The largest absolute Gasteiger partial charge is 0.469 e. The molecule has 1 heterocycles. The van der Waals surface area contributed by atoms with Crippen LogP contribution in [0.2, 0.25) is 0 Å². The number of hydrogen-bond donors (Lipinski definition) is 2. The average Bonchev–Trinajstić information content (AvgIpc) is 2.92. The normalized spacial score (nSPS) is 22.6. The number of aryl methyl sites for hydroxylation is 1. The lowest BCUT2D eigenvalue weighted by molar-refractivity contribution is -0.140. The molecule has 6 nitrogen and oxygen atoms in total. The van der Waals surface area contributed by atoms with Gasteiger partial charge >= 0.3 is 5.97 Å². The monoisotopic (exact) mass is 352 g/mol. The fourth-order valence-corrected chi connectivity index (χ4v) is 2.94. The van der Waals surface area contributed by atoms with E-state index in [1.807, 2.05) is 19.9 Å². The van der Waals surface area contributed by atoms with Crippen LogP contribution in [0.3, 0.4) is 0 Å². The number of carbonyl (C=O) groups excluding carboxylic acids is 2. The van der Waals surface area contributed by atoms with E-state index in [1.54, 1.807) is 6.07 Å². The molecule has 1 amide bonds. The molecule has 2 rings (SSSR count). The third-order valence-corrected chi connectivity index (χ3v) is 4.33. The Hall–Kier alpha value is -1.99. The Morgan fingerprint density at radius 1 is 1.48 bits per heavy atom. The summed E-state index contributed by atoms with van der Waals surface area (Å²) in [5.41, 5.74) is 3.58. The van der Waals surface area contributed by atoms with E-state index in [-0.39, 0.29) is 36.6 Å². The van der Waals surface area contributed by atoms with E-state index in [9.17, 15) is 14.0 Å². The summed E-state index contributed by atoms with van der Waals surface area (Å²) in [6, 6.07) is 5.09. The van der Waals surface area contributed by atoms with E-state index in [0.29, 0.717) is 24.9 Å². The molecule has 138 valence electrons. The minimum absolute atomic E-state index is 0.162. The number of halogens is 1. The molecule has 1 aromatic carbocycles. The summed E-state index contributed by atoms with van der Waals surface area (Å²) in [6.45, 7) is 4.09. The fourth-order valence-electron chi connectivity index (χ4n) is 2.94. The van der Waals surface area contributed by atoms with Crippen molar-refractivity contribution in [3.05, 3.63) is 35.1 Å². The quantitative estimate of drug-likeness (QED) is 0.581. The van der Waals surface area contributed by atoms with Crippen LogP contribution in [-0.2, 0) is 24.7 Å². The first kappa shape index (κ1) is 19.3. The second-order valence-electron chi connectivity index (χ2n) is 6.60. The number of amides is 1. The molecular formula is C18H25FN2O4.